The second kappa shape index (κ2) is 5.07. The third-order valence-electron chi connectivity index (χ3n) is 3.53. The van der Waals surface area contributed by atoms with E-state index in [9.17, 15) is 4.79 Å². The highest BCUT2D eigenvalue weighted by atomic mass is 16.7. The van der Waals surface area contributed by atoms with Gasteiger partial charge in [-0.15, -0.1) is 0 Å². The molecule has 0 saturated carbocycles. The van der Waals surface area contributed by atoms with Crippen molar-refractivity contribution in [3.8, 4) is 11.5 Å². The van der Waals surface area contributed by atoms with E-state index in [2.05, 4.69) is 0 Å². The van der Waals surface area contributed by atoms with E-state index < -0.39 is 0 Å². The summed E-state index contributed by atoms with van der Waals surface area (Å²) in [7, 11) is 0. The molecule has 0 saturated heterocycles. The number of rotatable bonds is 1. The monoisotopic (exact) mass is 275 g/mol. The highest BCUT2D eigenvalue weighted by Gasteiger charge is 2.29. The molecule has 2 heterocycles. The molecular formula is C15H17NO4. The molecule has 5 heteroatoms. The van der Waals surface area contributed by atoms with Gasteiger partial charge in [0.25, 0.3) is 0 Å². The minimum Gasteiger partial charge on any atom is -0.454 e. The van der Waals surface area contributed by atoms with Gasteiger partial charge in [-0.25, -0.2) is 4.79 Å². The van der Waals surface area contributed by atoms with Crippen LogP contribution in [0.1, 0.15) is 25.0 Å². The van der Waals surface area contributed by atoms with Crippen LogP contribution in [0.2, 0.25) is 0 Å². The summed E-state index contributed by atoms with van der Waals surface area (Å²) >= 11 is 0. The zero-order chi connectivity index (χ0) is 14.1. The number of carbonyl (C=O) groups is 1. The summed E-state index contributed by atoms with van der Waals surface area (Å²) in [5, 5.41) is 0. The first-order chi connectivity index (χ1) is 9.74. The van der Waals surface area contributed by atoms with Crippen molar-refractivity contribution in [3.63, 3.8) is 0 Å². The average Bonchev–Trinajstić information content (AvgIpc) is 2.91. The van der Waals surface area contributed by atoms with Crippen molar-refractivity contribution >= 4 is 11.8 Å². The van der Waals surface area contributed by atoms with Gasteiger partial charge in [0.1, 0.15) is 0 Å². The Labute approximate surface area is 117 Å². The third-order valence-corrected chi connectivity index (χ3v) is 3.53. The SMILES string of the molecule is C/C=C1/c2cc3c(cc2CCN1C(=O)OCC)OCO3. The van der Waals surface area contributed by atoms with Crippen LogP contribution in [0.3, 0.4) is 0 Å². The van der Waals surface area contributed by atoms with Crippen LogP contribution >= 0.6 is 0 Å². The number of nitrogens with zero attached hydrogens (tertiary/aromatic N) is 1. The van der Waals surface area contributed by atoms with Crippen molar-refractivity contribution in [2.75, 3.05) is 19.9 Å². The fourth-order valence-electron chi connectivity index (χ4n) is 2.63. The maximum absolute atomic E-state index is 12.0. The van der Waals surface area contributed by atoms with Crippen molar-refractivity contribution in [2.45, 2.75) is 20.3 Å². The number of carbonyl (C=O) groups excluding carboxylic acids is 1. The van der Waals surface area contributed by atoms with Crippen LogP contribution in [0.4, 0.5) is 4.79 Å². The Kier molecular flexibility index (Phi) is 3.26. The number of fused-ring (bicyclic) bond motifs is 2. The smallest absolute Gasteiger partial charge is 0.414 e. The van der Waals surface area contributed by atoms with Crippen LogP contribution in [0.5, 0.6) is 11.5 Å². The first kappa shape index (κ1) is 12.8. The summed E-state index contributed by atoms with van der Waals surface area (Å²) in [4.78, 5) is 13.7. The number of allylic oxidation sites excluding steroid dienone is 1. The lowest BCUT2D eigenvalue weighted by Gasteiger charge is -2.30. The number of amides is 1. The number of hydrogen-bond donors (Lipinski definition) is 0. The van der Waals surface area contributed by atoms with Crippen molar-refractivity contribution in [2.24, 2.45) is 0 Å². The fourth-order valence-corrected chi connectivity index (χ4v) is 2.63. The Morgan fingerprint density at radius 3 is 2.85 bits per heavy atom. The first-order valence-corrected chi connectivity index (χ1v) is 6.78. The van der Waals surface area contributed by atoms with E-state index in [1.165, 1.54) is 5.56 Å². The van der Waals surface area contributed by atoms with E-state index in [0.29, 0.717) is 13.2 Å². The molecule has 1 aromatic carbocycles. The second-order valence-corrected chi connectivity index (χ2v) is 4.64. The lowest BCUT2D eigenvalue weighted by molar-refractivity contribution is 0.124. The van der Waals surface area contributed by atoms with Gasteiger partial charge in [-0.3, -0.25) is 4.90 Å². The molecule has 0 aromatic heterocycles. The lowest BCUT2D eigenvalue weighted by atomic mass is 9.95. The molecule has 0 N–H and O–H groups in total. The molecule has 3 rings (SSSR count). The molecule has 2 aliphatic heterocycles. The van der Waals surface area contributed by atoms with Crippen LogP contribution in [0.15, 0.2) is 18.2 Å². The number of benzene rings is 1. The molecule has 0 atom stereocenters. The Balaban J connectivity index is 1.99. The van der Waals surface area contributed by atoms with E-state index >= 15 is 0 Å². The molecule has 0 fully saturated rings. The highest BCUT2D eigenvalue weighted by molar-refractivity contribution is 5.85. The minimum absolute atomic E-state index is 0.255. The van der Waals surface area contributed by atoms with E-state index in [0.717, 1.165) is 29.2 Å². The minimum atomic E-state index is -0.302. The summed E-state index contributed by atoms with van der Waals surface area (Å²) in [6.07, 6.45) is 2.41. The molecule has 0 aliphatic carbocycles. The van der Waals surface area contributed by atoms with Gasteiger partial charge in [0.15, 0.2) is 11.5 Å². The first-order valence-electron chi connectivity index (χ1n) is 6.78. The molecule has 20 heavy (non-hydrogen) atoms. The van der Waals surface area contributed by atoms with E-state index in [4.69, 9.17) is 14.2 Å². The second-order valence-electron chi connectivity index (χ2n) is 4.64. The molecule has 5 nitrogen and oxygen atoms in total. The summed E-state index contributed by atoms with van der Waals surface area (Å²) in [5.74, 6) is 1.51. The lowest BCUT2D eigenvalue weighted by Crippen LogP contribution is -2.35. The number of ether oxygens (including phenoxy) is 3. The molecule has 0 bridgehead atoms. The zero-order valence-electron chi connectivity index (χ0n) is 11.6. The van der Waals surface area contributed by atoms with Crippen molar-refractivity contribution < 1.29 is 19.0 Å². The zero-order valence-corrected chi connectivity index (χ0v) is 11.6. The molecule has 106 valence electrons. The van der Waals surface area contributed by atoms with Crippen LogP contribution < -0.4 is 9.47 Å². The van der Waals surface area contributed by atoms with Crippen LogP contribution in [0, 0.1) is 0 Å². The van der Waals surface area contributed by atoms with Crippen LogP contribution in [0.25, 0.3) is 5.70 Å². The molecule has 2 aliphatic rings. The normalized spacial score (nSPS) is 18.1. The predicted octanol–water partition coefficient (Wildman–Crippen LogP) is 2.79. The van der Waals surface area contributed by atoms with Gasteiger partial charge in [-0.05, 0) is 38.0 Å². The number of hydrogen-bond acceptors (Lipinski definition) is 4. The molecule has 0 unspecified atom stereocenters. The van der Waals surface area contributed by atoms with E-state index in [1.54, 1.807) is 4.90 Å². The molecule has 0 radical (unpaired) electrons. The van der Waals surface area contributed by atoms with E-state index in [1.807, 2.05) is 32.1 Å². The standard InChI is InChI=1S/C15H17NO4/c1-3-12-11-8-14-13(19-9-20-14)7-10(11)5-6-16(12)15(17)18-4-2/h3,7-8H,4-6,9H2,1-2H3/b12-3-. The van der Waals surface area contributed by atoms with Crippen LogP contribution in [-0.4, -0.2) is 30.9 Å². The van der Waals surface area contributed by atoms with Gasteiger partial charge in [-0.1, -0.05) is 6.08 Å². The largest absolute Gasteiger partial charge is 0.454 e. The molecular weight excluding hydrogens is 258 g/mol. The van der Waals surface area contributed by atoms with Gasteiger partial charge in [-0.2, -0.15) is 0 Å². The summed E-state index contributed by atoms with van der Waals surface area (Å²) < 4.78 is 15.9. The molecule has 0 spiro atoms. The summed E-state index contributed by atoms with van der Waals surface area (Å²) in [6, 6.07) is 3.95. The topological polar surface area (TPSA) is 48.0 Å². The van der Waals surface area contributed by atoms with Crippen molar-refractivity contribution in [3.05, 3.63) is 29.3 Å². The third kappa shape index (κ3) is 1.99. The van der Waals surface area contributed by atoms with E-state index in [-0.39, 0.29) is 12.9 Å². The quantitative estimate of drug-likeness (QED) is 0.790. The summed E-state index contributed by atoms with van der Waals surface area (Å²) in [6.45, 7) is 4.97. The van der Waals surface area contributed by atoms with Gasteiger partial charge in [0, 0.05) is 12.1 Å². The van der Waals surface area contributed by atoms with Gasteiger partial charge in [0.05, 0.1) is 12.3 Å². The molecule has 1 aromatic rings. The maximum Gasteiger partial charge on any atom is 0.414 e. The Bertz CT molecular complexity index is 579. The fraction of sp³-hybridized carbons (Fsp3) is 0.400. The molecule has 1 amide bonds. The van der Waals surface area contributed by atoms with Gasteiger partial charge >= 0.3 is 6.09 Å². The van der Waals surface area contributed by atoms with Crippen molar-refractivity contribution in [1.82, 2.24) is 4.90 Å². The average molecular weight is 275 g/mol. The maximum atomic E-state index is 12.0. The van der Waals surface area contributed by atoms with Crippen LogP contribution in [-0.2, 0) is 11.2 Å². The Hall–Kier alpha value is -2.17. The van der Waals surface area contributed by atoms with Gasteiger partial charge in [0.2, 0.25) is 6.79 Å². The van der Waals surface area contributed by atoms with Gasteiger partial charge < -0.3 is 14.2 Å². The predicted molar refractivity (Wildman–Crippen MR) is 73.6 cm³/mol. The van der Waals surface area contributed by atoms with Crippen molar-refractivity contribution in [1.29, 1.82) is 0 Å². The summed E-state index contributed by atoms with van der Waals surface area (Å²) in [5.41, 5.74) is 3.04. The Morgan fingerprint density at radius 1 is 1.40 bits per heavy atom. The highest BCUT2D eigenvalue weighted by Crippen LogP contribution is 2.40. The Morgan fingerprint density at radius 2 is 2.15 bits per heavy atom.